The average molecular weight is 173 g/mol. The third kappa shape index (κ3) is 4.07. The van der Waals surface area contributed by atoms with E-state index in [0.717, 1.165) is 19.4 Å². The molecular formula is C10H23NO. The largest absolute Gasteiger partial charge is 0.377 e. The van der Waals surface area contributed by atoms with E-state index in [1.165, 1.54) is 6.42 Å². The van der Waals surface area contributed by atoms with Crippen LogP contribution in [0.15, 0.2) is 0 Å². The quantitative estimate of drug-likeness (QED) is 0.637. The summed E-state index contributed by atoms with van der Waals surface area (Å²) in [6, 6.07) is 0.518. The van der Waals surface area contributed by atoms with Crippen molar-refractivity contribution in [2.45, 2.75) is 52.2 Å². The van der Waals surface area contributed by atoms with Gasteiger partial charge >= 0.3 is 0 Å². The predicted octanol–water partition coefficient (Wildman–Crippen LogP) is 2.19. The Morgan fingerprint density at radius 2 is 1.92 bits per heavy atom. The van der Waals surface area contributed by atoms with Crippen molar-refractivity contribution >= 4 is 0 Å². The van der Waals surface area contributed by atoms with Crippen molar-refractivity contribution in [3.8, 4) is 0 Å². The Hall–Kier alpha value is -0.0800. The van der Waals surface area contributed by atoms with Gasteiger partial charge in [0.05, 0.1) is 6.10 Å². The van der Waals surface area contributed by atoms with Crippen molar-refractivity contribution in [2.75, 3.05) is 13.7 Å². The van der Waals surface area contributed by atoms with E-state index >= 15 is 0 Å². The minimum absolute atomic E-state index is 0.398. The first-order chi connectivity index (χ1) is 5.79. The molecule has 0 aromatic heterocycles. The maximum Gasteiger partial charge on any atom is 0.0727 e. The number of likely N-dealkylation sites (N-methyl/N-ethyl adjacent to an activating group) is 1. The first-order valence-electron chi connectivity index (χ1n) is 5.08. The summed E-state index contributed by atoms with van der Waals surface area (Å²) in [5.74, 6) is 0. The minimum Gasteiger partial charge on any atom is -0.377 e. The van der Waals surface area contributed by atoms with Crippen LogP contribution in [-0.2, 0) is 4.74 Å². The molecule has 0 fully saturated rings. The Kier molecular flexibility index (Phi) is 7.51. The van der Waals surface area contributed by atoms with Gasteiger partial charge in [0.15, 0.2) is 0 Å². The van der Waals surface area contributed by atoms with Gasteiger partial charge in [-0.3, -0.25) is 0 Å². The van der Waals surface area contributed by atoms with Gasteiger partial charge in [0, 0.05) is 12.6 Å². The molecule has 0 aromatic carbocycles. The summed E-state index contributed by atoms with van der Waals surface area (Å²) in [5.41, 5.74) is 0. The van der Waals surface area contributed by atoms with Crippen LogP contribution in [0.2, 0.25) is 0 Å². The van der Waals surface area contributed by atoms with Crippen LogP contribution in [0.4, 0.5) is 0 Å². The Labute approximate surface area is 76.7 Å². The Morgan fingerprint density at radius 1 is 1.25 bits per heavy atom. The van der Waals surface area contributed by atoms with Crippen molar-refractivity contribution in [3.05, 3.63) is 0 Å². The van der Waals surface area contributed by atoms with Crippen molar-refractivity contribution < 1.29 is 4.74 Å². The molecule has 0 aliphatic rings. The fourth-order valence-electron chi connectivity index (χ4n) is 1.55. The smallest absolute Gasteiger partial charge is 0.0727 e. The molecule has 0 aliphatic heterocycles. The molecule has 12 heavy (non-hydrogen) atoms. The van der Waals surface area contributed by atoms with E-state index < -0.39 is 0 Å². The molecule has 0 amide bonds. The van der Waals surface area contributed by atoms with E-state index in [1.54, 1.807) is 0 Å². The highest BCUT2D eigenvalue weighted by molar-refractivity contribution is 4.73. The van der Waals surface area contributed by atoms with Gasteiger partial charge < -0.3 is 10.1 Å². The molecule has 0 heterocycles. The summed E-state index contributed by atoms with van der Waals surface area (Å²) in [5, 5.41) is 3.30. The summed E-state index contributed by atoms with van der Waals surface area (Å²) in [7, 11) is 2.01. The van der Waals surface area contributed by atoms with Crippen molar-refractivity contribution in [1.29, 1.82) is 0 Å². The van der Waals surface area contributed by atoms with Gasteiger partial charge in [-0.2, -0.15) is 0 Å². The molecule has 0 aliphatic carbocycles. The number of rotatable bonds is 7. The fraction of sp³-hybridized carbons (Fsp3) is 1.00. The summed E-state index contributed by atoms with van der Waals surface area (Å²) in [6.07, 6.45) is 3.90. The molecule has 74 valence electrons. The van der Waals surface area contributed by atoms with Gasteiger partial charge in [-0.25, -0.2) is 0 Å². The normalized spacial score (nSPS) is 16.0. The topological polar surface area (TPSA) is 21.3 Å². The maximum atomic E-state index is 5.66. The molecule has 2 atom stereocenters. The van der Waals surface area contributed by atoms with E-state index in [4.69, 9.17) is 4.74 Å². The third-order valence-corrected chi connectivity index (χ3v) is 2.21. The van der Waals surface area contributed by atoms with Crippen LogP contribution in [0.5, 0.6) is 0 Å². The summed E-state index contributed by atoms with van der Waals surface area (Å²) in [4.78, 5) is 0. The Morgan fingerprint density at radius 3 is 2.25 bits per heavy atom. The lowest BCUT2D eigenvalue weighted by atomic mass is 10.0. The van der Waals surface area contributed by atoms with E-state index in [9.17, 15) is 0 Å². The predicted molar refractivity (Wildman–Crippen MR) is 53.5 cm³/mol. The highest BCUT2D eigenvalue weighted by Crippen LogP contribution is 2.09. The Bertz CT molecular complexity index is 85.8. The van der Waals surface area contributed by atoms with Crippen LogP contribution >= 0.6 is 0 Å². The van der Waals surface area contributed by atoms with Crippen LogP contribution in [0, 0.1) is 0 Å². The zero-order chi connectivity index (χ0) is 9.40. The molecule has 0 radical (unpaired) electrons. The molecule has 0 aromatic rings. The van der Waals surface area contributed by atoms with Crippen LogP contribution in [0.1, 0.15) is 40.0 Å². The fourth-order valence-corrected chi connectivity index (χ4v) is 1.55. The van der Waals surface area contributed by atoms with Gasteiger partial charge in [-0.05, 0) is 26.8 Å². The summed E-state index contributed by atoms with van der Waals surface area (Å²) >= 11 is 0. The number of ether oxygens (including phenoxy) is 1. The monoisotopic (exact) mass is 173 g/mol. The molecule has 0 bridgehead atoms. The molecule has 0 spiro atoms. The first kappa shape index (κ1) is 11.9. The van der Waals surface area contributed by atoms with Gasteiger partial charge in [-0.1, -0.05) is 20.3 Å². The zero-order valence-electron chi connectivity index (χ0n) is 8.89. The lowest BCUT2D eigenvalue weighted by Crippen LogP contribution is -2.38. The lowest BCUT2D eigenvalue weighted by molar-refractivity contribution is 0.0291. The molecule has 2 heteroatoms. The second-order valence-electron chi connectivity index (χ2n) is 3.09. The highest BCUT2D eigenvalue weighted by atomic mass is 16.5. The van der Waals surface area contributed by atoms with Gasteiger partial charge in [0.2, 0.25) is 0 Å². The van der Waals surface area contributed by atoms with Crippen molar-refractivity contribution in [2.24, 2.45) is 0 Å². The lowest BCUT2D eigenvalue weighted by Gasteiger charge is -2.25. The molecule has 0 saturated heterocycles. The maximum absolute atomic E-state index is 5.66. The van der Waals surface area contributed by atoms with Crippen LogP contribution < -0.4 is 5.32 Å². The standard InChI is InChI=1S/C10H23NO/c1-5-8-10(12-7-3)9(6-2)11-4/h9-11H,5-8H2,1-4H3. The molecular weight excluding hydrogens is 150 g/mol. The molecule has 0 rings (SSSR count). The molecule has 1 N–H and O–H groups in total. The number of nitrogens with one attached hydrogen (secondary N) is 1. The number of hydrogen-bond acceptors (Lipinski definition) is 2. The van der Waals surface area contributed by atoms with Gasteiger partial charge in [0.25, 0.3) is 0 Å². The molecule has 2 unspecified atom stereocenters. The van der Waals surface area contributed by atoms with E-state index in [2.05, 4.69) is 26.1 Å². The summed E-state index contributed by atoms with van der Waals surface area (Å²) in [6.45, 7) is 7.28. The highest BCUT2D eigenvalue weighted by Gasteiger charge is 2.16. The summed E-state index contributed by atoms with van der Waals surface area (Å²) < 4.78 is 5.66. The van der Waals surface area contributed by atoms with Crippen molar-refractivity contribution in [1.82, 2.24) is 5.32 Å². The second-order valence-corrected chi connectivity index (χ2v) is 3.09. The van der Waals surface area contributed by atoms with Crippen molar-refractivity contribution in [3.63, 3.8) is 0 Å². The van der Waals surface area contributed by atoms with Gasteiger partial charge in [0.1, 0.15) is 0 Å². The van der Waals surface area contributed by atoms with Crippen LogP contribution in [-0.4, -0.2) is 25.8 Å². The molecule has 0 saturated carbocycles. The third-order valence-electron chi connectivity index (χ3n) is 2.21. The zero-order valence-corrected chi connectivity index (χ0v) is 8.89. The second kappa shape index (κ2) is 7.56. The van der Waals surface area contributed by atoms with E-state index in [-0.39, 0.29) is 0 Å². The van der Waals surface area contributed by atoms with E-state index in [1.807, 2.05) is 7.05 Å². The van der Waals surface area contributed by atoms with Gasteiger partial charge in [-0.15, -0.1) is 0 Å². The number of hydrogen-bond donors (Lipinski definition) is 1. The van der Waals surface area contributed by atoms with E-state index in [0.29, 0.717) is 12.1 Å². The minimum atomic E-state index is 0.398. The first-order valence-corrected chi connectivity index (χ1v) is 5.08. The molecule has 2 nitrogen and oxygen atoms in total. The van der Waals surface area contributed by atoms with Crippen LogP contribution in [0.25, 0.3) is 0 Å². The van der Waals surface area contributed by atoms with Crippen LogP contribution in [0.3, 0.4) is 0 Å². The average Bonchev–Trinajstić information content (AvgIpc) is 2.07. The Balaban J connectivity index is 3.86. The SMILES string of the molecule is CCCC(OCC)C(CC)NC.